The summed E-state index contributed by atoms with van der Waals surface area (Å²) in [4.78, 5) is 12.6. The molecule has 0 saturated carbocycles. The Morgan fingerprint density at radius 3 is 2.48 bits per heavy atom. The second-order valence-electron chi connectivity index (χ2n) is 5.46. The Morgan fingerprint density at radius 2 is 1.76 bits per heavy atom. The Balaban J connectivity index is 1.56. The normalized spacial score (nSPS) is 17.2. The fourth-order valence-corrected chi connectivity index (χ4v) is 2.74. The third-order valence-corrected chi connectivity index (χ3v) is 3.95. The molecule has 1 aliphatic heterocycles. The molecule has 0 unspecified atom stereocenters. The molecule has 5 nitrogen and oxygen atoms in total. The van der Waals surface area contributed by atoms with Gasteiger partial charge in [0.2, 0.25) is 0 Å². The Bertz CT molecular complexity index is 546. The third kappa shape index (κ3) is 3.69. The van der Waals surface area contributed by atoms with Gasteiger partial charge in [0.05, 0.1) is 6.61 Å². The quantitative estimate of drug-likeness (QED) is 0.867. The second-order valence-corrected chi connectivity index (χ2v) is 5.46. The fraction of sp³-hybridized carbons (Fsp3) is 0.438. The van der Waals surface area contributed by atoms with Crippen molar-refractivity contribution in [2.24, 2.45) is 0 Å². The molecule has 0 radical (unpaired) electrons. The van der Waals surface area contributed by atoms with Crippen LogP contribution >= 0.6 is 0 Å². The monoisotopic (exact) mass is 286 g/mol. The zero-order chi connectivity index (χ0) is 14.5. The molecule has 5 heteroatoms. The van der Waals surface area contributed by atoms with Gasteiger partial charge in [0.1, 0.15) is 5.82 Å². The number of hydrogen-bond donors (Lipinski definition) is 2. The van der Waals surface area contributed by atoms with Crippen LogP contribution < -0.4 is 0 Å². The number of imidazole rings is 1. The molecule has 1 saturated heterocycles. The first-order valence-corrected chi connectivity index (χ1v) is 7.50. The predicted molar refractivity (Wildman–Crippen MR) is 82.8 cm³/mol. The van der Waals surface area contributed by atoms with Gasteiger partial charge in [0, 0.05) is 56.7 Å². The number of piperazine rings is 1. The summed E-state index contributed by atoms with van der Waals surface area (Å²) < 4.78 is 0. The zero-order valence-corrected chi connectivity index (χ0v) is 12.2. The van der Waals surface area contributed by atoms with Gasteiger partial charge in [0.25, 0.3) is 0 Å². The number of aliphatic hydroxyl groups is 1. The van der Waals surface area contributed by atoms with Crippen molar-refractivity contribution in [2.45, 2.75) is 6.54 Å². The van der Waals surface area contributed by atoms with Crippen molar-refractivity contribution in [2.75, 3.05) is 39.3 Å². The van der Waals surface area contributed by atoms with Crippen LogP contribution in [0.1, 0.15) is 5.69 Å². The molecular formula is C16H22N4O. The molecule has 2 N–H and O–H groups in total. The Hall–Kier alpha value is -1.69. The smallest absolute Gasteiger partial charge is 0.137 e. The van der Waals surface area contributed by atoms with E-state index in [1.54, 1.807) is 0 Å². The number of rotatable bonds is 5. The number of benzene rings is 1. The molecule has 0 spiro atoms. The van der Waals surface area contributed by atoms with E-state index in [2.05, 4.69) is 31.9 Å². The largest absolute Gasteiger partial charge is 0.395 e. The summed E-state index contributed by atoms with van der Waals surface area (Å²) in [6, 6.07) is 10.2. The van der Waals surface area contributed by atoms with Crippen molar-refractivity contribution < 1.29 is 5.11 Å². The summed E-state index contributed by atoms with van der Waals surface area (Å²) >= 11 is 0. The van der Waals surface area contributed by atoms with Crippen LogP contribution in [0.15, 0.2) is 36.5 Å². The van der Waals surface area contributed by atoms with E-state index in [4.69, 9.17) is 5.11 Å². The first-order valence-electron chi connectivity index (χ1n) is 7.50. The third-order valence-electron chi connectivity index (χ3n) is 3.95. The molecular weight excluding hydrogens is 264 g/mol. The molecule has 112 valence electrons. The van der Waals surface area contributed by atoms with Crippen LogP contribution in [0.4, 0.5) is 0 Å². The van der Waals surface area contributed by atoms with Crippen LogP contribution in [0.25, 0.3) is 11.4 Å². The minimum absolute atomic E-state index is 0.251. The van der Waals surface area contributed by atoms with E-state index in [1.807, 2.05) is 24.4 Å². The van der Waals surface area contributed by atoms with Gasteiger partial charge in [-0.3, -0.25) is 9.80 Å². The lowest BCUT2D eigenvalue weighted by Gasteiger charge is -2.33. The topological polar surface area (TPSA) is 55.4 Å². The highest BCUT2D eigenvalue weighted by Crippen LogP contribution is 2.16. The standard InChI is InChI=1S/C16H22N4O/c21-11-10-19-6-8-20(9-7-19)13-15-12-17-16(18-15)14-4-2-1-3-5-14/h1-5,12,21H,6-11,13H2,(H,17,18). The van der Waals surface area contributed by atoms with Crippen molar-refractivity contribution in [3.63, 3.8) is 0 Å². The van der Waals surface area contributed by atoms with Gasteiger partial charge in [-0.15, -0.1) is 0 Å². The highest BCUT2D eigenvalue weighted by molar-refractivity contribution is 5.54. The molecule has 0 bridgehead atoms. The Morgan fingerprint density at radius 1 is 1.05 bits per heavy atom. The van der Waals surface area contributed by atoms with Crippen LogP contribution in [0, 0.1) is 0 Å². The van der Waals surface area contributed by atoms with E-state index in [0.29, 0.717) is 0 Å². The summed E-state index contributed by atoms with van der Waals surface area (Å²) in [5.74, 6) is 0.935. The van der Waals surface area contributed by atoms with Crippen LogP contribution in [-0.2, 0) is 6.54 Å². The number of nitrogens with zero attached hydrogens (tertiary/aromatic N) is 3. The summed E-state index contributed by atoms with van der Waals surface area (Å²) in [5.41, 5.74) is 2.28. The van der Waals surface area contributed by atoms with Crippen LogP contribution in [0.2, 0.25) is 0 Å². The van der Waals surface area contributed by atoms with Gasteiger partial charge >= 0.3 is 0 Å². The summed E-state index contributed by atoms with van der Waals surface area (Å²) in [7, 11) is 0. The molecule has 0 amide bonds. The van der Waals surface area contributed by atoms with Crippen molar-refractivity contribution >= 4 is 0 Å². The Labute approximate surface area is 125 Å². The first kappa shape index (κ1) is 14.3. The van der Waals surface area contributed by atoms with Gasteiger partial charge in [-0.25, -0.2) is 4.98 Å². The molecule has 1 aliphatic rings. The van der Waals surface area contributed by atoms with Crippen molar-refractivity contribution in [1.82, 2.24) is 19.8 Å². The maximum absolute atomic E-state index is 8.96. The molecule has 2 heterocycles. The fourth-order valence-electron chi connectivity index (χ4n) is 2.74. The highest BCUT2D eigenvalue weighted by Gasteiger charge is 2.17. The molecule has 21 heavy (non-hydrogen) atoms. The lowest BCUT2D eigenvalue weighted by molar-refractivity contribution is 0.108. The van der Waals surface area contributed by atoms with E-state index >= 15 is 0 Å². The number of β-amino-alcohol motifs (C(OH)–C–C–N with tert-alkyl or cyclic N) is 1. The lowest BCUT2D eigenvalue weighted by Crippen LogP contribution is -2.46. The highest BCUT2D eigenvalue weighted by atomic mass is 16.3. The van der Waals surface area contributed by atoms with Gasteiger partial charge < -0.3 is 10.1 Å². The number of H-pyrrole nitrogens is 1. The van der Waals surface area contributed by atoms with Crippen LogP contribution in [0.3, 0.4) is 0 Å². The Kier molecular flexibility index (Phi) is 4.65. The van der Waals surface area contributed by atoms with E-state index < -0.39 is 0 Å². The van der Waals surface area contributed by atoms with Gasteiger partial charge in [-0.2, -0.15) is 0 Å². The summed E-state index contributed by atoms with van der Waals surface area (Å²) in [6.07, 6.45) is 1.93. The van der Waals surface area contributed by atoms with E-state index in [9.17, 15) is 0 Å². The maximum atomic E-state index is 8.96. The zero-order valence-electron chi connectivity index (χ0n) is 12.2. The van der Waals surface area contributed by atoms with Gasteiger partial charge in [-0.1, -0.05) is 30.3 Å². The minimum Gasteiger partial charge on any atom is -0.395 e. The minimum atomic E-state index is 0.251. The molecule has 0 atom stereocenters. The molecule has 0 aliphatic carbocycles. The molecule has 1 fully saturated rings. The van der Waals surface area contributed by atoms with E-state index in [-0.39, 0.29) is 6.61 Å². The molecule has 1 aromatic carbocycles. The average Bonchev–Trinajstić information content (AvgIpc) is 2.99. The predicted octanol–water partition coefficient (Wildman–Crippen LogP) is 1.19. The number of aliphatic hydroxyl groups excluding tert-OH is 1. The number of hydrogen-bond acceptors (Lipinski definition) is 4. The second kappa shape index (κ2) is 6.85. The SMILES string of the molecule is OCCN1CCN(Cc2cnc(-c3ccccc3)[nH]2)CC1. The van der Waals surface area contributed by atoms with Crippen LogP contribution in [0.5, 0.6) is 0 Å². The van der Waals surface area contributed by atoms with Crippen molar-refractivity contribution in [1.29, 1.82) is 0 Å². The summed E-state index contributed by atoms with van der Waals surface area (Å²) in [6.45, 7) is 6.09. The average molecular weight is 286 g/mol. The first-order chi connectivity index (χ1) is 10.3. The van der Waals surface area contributed by atoms with Gasteiger partial charge in [0.15, 0.2) is 0 Å². The number of aromatic nitrogens is 2. The number of aromatic amines is 1. The van der Waals surface area contributed by atoms with E-state index in [1.165, 1.54) is 0 Å². The maximum Gasteiger partial charge on any atom is 0.137 e. The number of nitrogens with one attached hydrogen (secondary N) is 1. The molecule has 1 aromatic heterocycles. The van der Waals surface area contributed by atoms with Gasteiger partial charge in [-0.05, 0) is 0 Å². The lowest BCUT2D eigenvalue weighted by atomic mass is 10.2. The van der Waals surface area contributed by atoms with E-state index in [0.717, 1.165) is 56.4 Å². The molecule has 2 aromatic rings. The van der Waals surface area contributed by atoms with Crippen molar-refractivity contribution in [3.05, 3.63) is 42.2 Å². The molecule has 3 rings (SSSR count). The van der Waals surface area contributed by atoms with Crippen LogP contribution in [-0.4, -0.2) is 64.2 Å². The summed E-state index contributed by atoms with van der Waals surface area (Å²) in [5, 5.41) is 8.96. The van der Waals surface area contributed by atoms with Crippen molar-refractivity contribution in [3.8, 4) is 11.4 Å².